The molecule has 0 radical (unpaired) electrons. The molecule has 16 heavy (non-hydrogen) atoms. The van der Waals surface area contributed by atoms with E-state index in [1.54, 1.807) is 16.2 Å². The summed E-state index contributed by atoms with van der Waals surface area (Å²) < 4.78 is 0. The number of thiophene rings is 1. The third-order valence-corrected chi connectivity index (χ3v) is 3.72. The van der Waals surface area contributed by atoms with Gasteiger partial charge in [0.15, 0.2) is 0 Å². The van der Waals surface area contributed by atoms with E-state index in [0.717, 1.165) is 11.4 Å². The molecule has 0 aromatic carbocycles. The van der Waals surface area contributed by atoms with Crippen LogP contribution in [0.1, 0.15) is 17.4 Å². The second-order valence-electron chi connectivity index (χ2n) is 4.32. The fourth-order valence-electron chi connectivity index (χ4n) is 1.50. The Bertz CT molecular complexity index is 349. The molecule has 0 bridgehead atoms. The lowest BCUT2D eigenvalue weighted by Crippen LogP contribution is -2.34. The first kappa shape index (κ1) is 13.2. The highest BCUT2D eigenvalue weighted by atomic mass is 32.1. The first-order valence-corrected chi connectivity index (χ1v) is 6.39. The highest BCUT2D eigenvalue weighted by molar-refractivity contribution is 7.10. The molecular formula is C12H20N2OS. The molecule has 3 nitrogen and oxygen atoms in total. The zero-order valence-corrected chi connectivity index (χ0v) is 11.0. The summed E-state index contributed by atoms with van der Waals surface area (Å²) in [6.45, 7) is 5.46. The van der Waals surface area contributed by atoms with Crippen molar-refractivity contribution in [3.05, 3.63) is 21.9 Å². The van der Waals surface area contributed by atoms with Crippen LogP contribution >= 0.6 is 11.3 Å². The molecule has 1 amide bonds. The molecule has 4 heteroatoms. The van der Waals surface area contributed by atoms with Gasteiger partial charge in [-0.2, -0.15) is 0 Å². The SMILES string of the molecule is Cc1ccsc1CC(=O)N(C)CC(C)CN. The second kappa shape index (κ2) is 6.01. The Balaban J connectivity index is 2.49. The van der Waals surface area contributed by atoms with Crippen molar-refractivity contribution in [1.29, 1.82) is 0 Å². The zero-order valence-electron chi connectivity index (χ0n) is 10.2. The molecule has 0 aliphatic rings. The maximum absolute atomic E-state index is 11.9. The Morgan fingerprint density at radius 3 is 2.81 bits per heavy atom. The van der Waals surface area contributed by atoms with Gasteiger partial charge in [-0.05, 0) is 36.4 Å². The van der Waals surface area contributed by atoms with Gasteiger partial charge in [-0.15, -0.1) is 11.3 Å². The van der Waals surface area contributed by atoms with Gasteiger partial charge < -0.3 is 10.6 Å². The van der Waals surface area contributed by atoms with Gasteiger partial charge in [0.05, 0.1) is 6.42 Å². The summed E-state index contributed by atoms with van der Waals surface area (Å²) in [6.07, 6.45) is 0.511. The van der Waals surface area contributed by atoms with Crippen molar-refractivity contribution in [3.8, 4) is 0 Å². The van der Waals surface area contributed by atoms with Crippen molar-refractivity contribution in [1.82, 2.24) is 4.90 Å². The summed E-state index contributed by atoms with van der Waals surface area (Å²) in [5.74, 6) is 0.532. The van der Waals surface area contributed by atoms with E-state index in [4.69, 9.17) is 5.73 Å². The van der Waals surface area contributed by atoms with E-state index < -0.39 is 0 Å². The van der Waals surface area contributed by atoms with Crippen LogP contribution in [0.5, 0.6) is 0 Å². The summed E-state index contributed by atoms with van der Waals surface area (Å²) in [5, 5.41) is 2.03. The molecule has 1 aromatic heterocycles. The standard InChI is InChI=1S/C12H20N2OS/c1-9(7-13)8-14(3)12(15)6-11-10(2)4-5-16-11/h4-5,9H,6-8,13H2,1-3H3. The summed E-state index contributed by atoms with van der Waals surface area (Å²) in [6, 6.07) is 2.05. The monoisotopic (exact) mass is 240 g/mol. The van der Waals surface area contributed by atoms with Crippen LogP contribution in [0.15, 0.2) is 11.4 Å². The lowest BCUT2D eigenvalue weighted by molar-refractivity contribution is -0.129. The number of likely N-dealkylation sites (N-methyl/N-ethyl adjacent to an activating group) is 1. The molecule has 1 unspecified atom stereocenters. The first-order valence-electron chi connectivity index (χ1n) is 5.51. The minimum absolute atomic E-state index is 0.172. The molecule has 1 atom stereocenters. The third kappa shape index (κ3) is 3.61. The molecule has 0 saturated carbocycles. The van der Waals surface area contributed by atoms with Gasteiger partial charge in [-0.25, -0.2) is 0 Å². The van der Waals surface area contributed by atoms with Crippen molar-refractivity contribution >= 4 is 17.2 Å². The van der Waals surface area contributed by atoms with Crippen LogP contribution in [0.2, 0.25) is 0 Å². The topological polar surface area (TPSA) is 46.3 Å². The van der Waals surface area contributed by atoms with Crippen molar-refractivity contribution in [2.75, 3.05) is 20.1 Å². The smallest absolute Gasteiger partial charge is 0.227 e. The average molecular weight is 240 g/mol. The summed E-state index contributed by atoms with van der Waals surface area (Å²) >= 11 is 1.65. The van der Waals surface area contributed by atoms with E-state index in [0.29, 0.717) is 18.9 Å². The maximum atomic E-state index is 11.9. The third-order valence-electron chi connectivity index (χ3n) is 2.69. The number of aryl methyl sites for hydroxylation is 1. The molecule has 0 spiro atoms. The summed E-state index contributed by atoms with van der Waals surface area (Å²) in [4.78, 5) is 14.8. The average Bonchev–Trinajstić information content (AvgIpc) is 2.64. The van der Waals surface area contributed by atoms with Gasteiger partial charge in [0, 0.05) is 18.5 Å². The molecule has 1 aromatic rings. The summed E-state index contributed by atoms with van der Waals surface area (Å²) in [7, 11) is 1.84. The van der Waals surface area contributed by atoms with Crippen LogP contribution in [-0.2, 0) is 11.2 Å². The zero-order chi connectivity index (χ0) is 12.1. The van der Waals surface area contributed by atoms with Crippen molar-refractivity contribution in [2.24, 2.45) is 11.7 Å². The molecular weight excluding hydrogens is 220 g/mol. The number of carbonyl (C=O) groups excluding carboxylic acids is 1. The molecule has 0 aliphatic heterocycles. The molecule has 0 saturated heterocycles. The van der Waals surface area contributed by atoms with E-state index in [1.807, 2.05) is 19.4 Å². The second-order valence-corrected chi connectivity index (χ2v) is 5.32. The highest BCUT2D eigenvalue weighted by Gasteiger charge is 2.13. The van der Waals surface area contributed by atoms with Crippen molar-refractivity contribution in [2.45, 2.75) is 20.3 Å². The van der Waals surface area contributed by atoms with Gasteiger partial charge >= 0.3 is 0 Å². The van der Waals surface area contributed by atoms with Crippen LogP contribution in [0.3, 0.4) is 0 Å². The first-order chi connectivity index (χ1) is 7.54. The van der Waals surface area contributed by atoms with Crippen LogP contribution in [-0.4, -0.2) is 30.9 Å². The molecule has 0 fully saturated rings. The van der Waals surface area contributed by atoms with E-state index in [-0.39, 0.29) is 5.91 Å². The van der Waals surface area contributed by atoms with Crippen LogP contribution in [0.25, 0.3) is 0 Å². The Labute approximate surface area is 101 Å². The number of hydrogen-bond donors (Lipinski definition) is 1. The quantitative estimate of drug-likeness (QED) is 0.850. The lowest BCUT2D eigenvalue weighted by atomic mass is 10.1. The minimum atomic E-state index is 0.172. The van der Waals surface area contributed by atoms with Gasteiger partial charge in [0.2, 0.25) is 5.91 Å². The molecule has 1 rings (SSSR count). The highest BCUT2D eigenvalue weighted by Crippen LogP contribution is 2.16. The predicted molar refractivity (Wildman–Crippen MR) is 68.6 cm³/mol. The van der Waals surface area contributed by atoms with E-state index in [1.165, 1.54) is 5.56 Å². The van der Waals surface area contributed by atoms with Crippen LogP contribution in [0, 0.1) is 12.8 Å². The molecule has 2 N–H and O–H groups in total. The van der Waals surface area contributed by atoms with Crippen LogP contribution < -0.4 is 5.73 Å². The largest absolute Gasteiger partial charge is 0.345 e. The number of nitrogens with zero attached hydrogens (tertiary/aromatic N) is 1. The fourth-order valence-corrected chi connectivity index (χ4v) is 2.40. The normalized spacial score (nSPS) is 12.5. The molecule has 0 aliphatic carbocycles. The van der Waals surface area contributed by atoms with Gasteiger partial charge in [-0.3, -0.25) is 4.79 Å². The molecule has 1 heterocycles. The Morgan fingerprint density at radius 2 is 2.31 bits per heavy atom. The number of rotatable bonds is 5. The maximum Gasteiger partial charge on any atom is 0.227 e. The van der Waals surface area contributed by atoms with Gasteiger partial charge in [-0.1, -0.05) is 6.92 Å². The summed E-state index contributed by atoms with van der Waals surface area (Å²) in [5.41, 5.74) is 6.75. The number of nitrogens with two attached hydrogens (primary N) is 1. The van der Waals surface area contributed by atoms with Crippen molar-refractivity contribution < 1.29 is 4.79 Å². The van der Waals surface area contributed by atoms with Gasteiger partial charge in [0.1, 0.15) is 0 Å². The van der Waals surface area contributed by atoms with E-state index in [2.05, 4.69) is 13.0 Å². The Morgan fingerprint density at radius 1 is 1.62 bits per heavy atom. The predicted octanol–water partition coefficient (Wildman–Crippen LogP) is 1.65. The number of amides is 1. The Kier molecular flexibility index (Phi) is 4.96. The van der Waals surface area contributed by atoms with Gasteiger partial charge in [0.25, 0.3) is 0 Å². The number of carbonyl (C=O) groups is 1. The Hall–Kier alpha value is -0.870. The fraction of sp³-hybridized carbons (Fsp3) is 0.583. The van der Waals surface area contributed by atoms with Crippen LogP contribution in [0.4, 0.5) is 0 Å². The van der Waals surface area contributed by atoms with E-state index >= 15 is 0 Å². The minimum Gasteiger partial charge on any atom is -0.345 e. The molecule has 90 valence electrons. The van der Waals surface area contributed by atoms with E-state index in [9.17, 15) is 4.79 Å². The lowest BCUT2D eigenvalue weighted by Gasteiger charge is -2.20. The number of hydrogen-bond acceptors (Lipinski definition) is 3. The van der Waals surface area contributed by atoms with Crippen molar-refractivity contribution in [3.63, 3.8) is 0 Å².